The van der Waals surface area contributed by atoms with Crippen molar-refractivity contribution in [1.29, 1.82) is 0 Å². The Morgan fingerprint density at radius 1 is 1.00 bits per heavy atom. The molecule has 0 aliphatic carbocycles. The lowest BCUT2D eigenvalue weighted by Gasteiger charge is -2.15. The zero-order valence-corrected chi connectivity index (χ0v) is 10.8. The van der Waals surface area contributed by atoms with E-state index < -0.39 is 0 Å². The lowest BCUT2D eigenvalue weighted by Crippen LogP contribution is -2.02. The van der Waals surface area contributed by atoms with E-state index in [0.29, 0.717) is 0 Å². The van der Waals surface area contributed by atoms with E-state index in [4.69, 9.17) is 0 Å². The Kier molecular flexibility index (Phi) is 6.96. The summed E-state index contributed by atoms with van der Waals surface area (Å²) in [6.07, 6.45) is 9.48. The first kappa shape index (κ1) is 13.3. The maximum absolute atomic E-state index is 3.08. The molecule has 0 saturated carbocycles. The summed E-state index contributed by atoms with van der Waals surface area (Å²) in [6.45, 7) is 4.59. The average molecular weight is 217 g/mol. The zero-order valence-electron chi connectivity index (χ0n) is 10.8. The van der Waals surface area contributed by atoms with Crippen molar-refractivity contribution in [3.63, 3.8) is 0 Å². The lowest BCUT2D eigenvalue weighted by atomic mass is 9.91. The van der Waals surface area contributed by atoms with Gasteiger partial charge in [-0.1, -0.05) is 70.2 Å². The zero-order chi connectivity index (χ0) is 11.6. The molecule has 0 fully saturated rings. The van der Waals surface area contributed by atoms with Gasteiger partial charge >= 0.3 is 0 Å². The monoisotopic (exact) mass is 217 g/mol. The summed E-state index contributed by atoms with van der Waals surface area (Å²) in [7, 11) is 0. The first-order valence-electron chi connectivity index (χ1n) is 6.81. The van der Waals surface area contributed by atoms with Gasteiger partial charge in [-0.2, -0.15) is 0 Å². The van der Waals surface area contributed by atoms with Crippen molar-refractivity contribution >= 4 is 0 Å². The molecule has 89 valence electrons. The van der Waals surface area contributed by atoms with Crippen LogP contribution in [0.3, 0.4) is 0 Å². The number of hydrogen-bond donors (Lipinski definition) is 0. The number of hydrogen-bond acceptors (Lipinski definition) is 0. The van der Waals surface area contributed by atoms with E-state index in [1.54, 1.807) is 0 Å². The van der Waals surface area contributed by atoms with Crippen LogP contribution in [-0.4, -0.2) is 0 Å². The molecule has 1 atom stereocenters. The minimum Gasteiger partial charge on any atom is -0.0654 e. The van der Waals surface area contributed by atoms with Gasteiger partial charge in [0.05, 0.1) is 0 Å². The highest BCUT2D eigenvalue weighted by Gasteiger charge is 2.07. The van der Waals surface area contributed by atoms with Crippen LogP contribution in [-0.2, 0) is 6.42 Å². The van der Waals surface area contributed by atoms with E-state index in [-0.39, 0.29) is 0 Å². The fourth-order valence-electron chi connectivity index (χ4n) is 2.29. The van der Waals surface area contributed by atoms with Crippen LogP contribution in [0.25, 0.3) is 0 Å². The van der Waals surface area contributed by atoms with Crippen molar-refractivity contribution in [3.05, 3.63) is 35.9 Å². The van der Waals surface area contributed by atoms with E-state index in [2.05, 4.69) is 32.0 Å². The fourth-order valence-corrected chi connectivity index (χ4v) is 2.29. The summed E-state index contributed by atoms with van der Waals surface area (Å²) < 4.78 is 0. The molecule has 0 heterocycles. The van der Waals surface area contributed by atoms with Gasteiger partial charge < -0.3 is 0 Å². The molecule has 0 aliphatic rings. The van der Waals surface area contributed by atoms with Gasteiger partial charge in [-0.05, 0) is 30.4 Å². The van der Waals surface area contributed by atoms with E-state index >= 15 is 0 Å². The summed E-state index contributed by atoms with van der Waals surface area (Å²) >= 11 is 0. The van der Waals surface area contributed by atoms with E-state index in [1.165, 1.54) is 50.5 Å². The highest BCUT2D eigenvalue weighted by atomic mass is 14.1. The molecule has 0 N–H and O–H groups in total. The van der Waals surface area contributed by atoms with Crippen LogP contribution >= 0.6 is 0 Å². The second kappa shape index (κ2) is 8.38. The average Bonchev–Trinajstić information content (AvgIpc) is 2.34. The number of aryl methyl sites for hydroxylation is 1. The molecule has 0 amide bonds. The summed E-state index contributed by atoms with van der Waals surface area (Å²) in [5.41, 5.74) is 1.47. The molecule has 0 spiro atoms. The maximum atomic E-state index is 3.08. The molecule has 1 aromatic carbocycles. The molecule has 1 unspecified atom stereocenters. The minimum atomic E-state index is 0.939. The van der Waals surface area contributed by atoms with Crippen molar-refractivity contribution in [2.75, 3.05) is 0 Å². The van der Waals surface area contributed by atoms with Crippen LogP contribution in [0.5, 0.6) is 0 Å². The molecule has 0 nitrogen and oxygen atoms in total. The second-order valence-corrected chi connectivity index (χ2v) is 4.74. The quantitative estimate of drug-likeness (QED) is 0.573. The molecule has 1 aromatic rings. The van der Waals surface area contributed by atoms with Crippen molar-refractivity contribution in [2.45, 2.75) is 58.8 Å². The predicted octanol–water partition coefficient (Wildman–Crippen LogP) is 5.03. The summed E-state index contributed by atoms with van der Waals surface area (Å²) in [5.74, 6) is 0.939. The third-order valence-corrected chi connectivity index (χ3v) is 3.29. The Morgan fingerprint density at radius 3 is 2.38 bits per heavy atom. The van der Waals surface area contributed by atoms with Gasteiger partial charge in [0.1, 0.15) is 0 Å². The van der Waals surface area contributed by atoms with Gasteiger partial charge in [0.15, 0.2) is 0 Å². The first-order valence-corrected chi connectivity index (χ1v) is 6.81. The predicted molar refractivity (Wildman–Crippen MR) is 71.5 cm³/mol. The molecule has 0 bridgehead atoms. The maximum Gasteiger partial charge on any atom is -0.0184 e. The third-order valence-electron chi connectivity index (χ3n) is 3.29. The molecule has 16 heavy (non-hydrogen) atoms. The van der Waals surface area contributed by atoms with Crippen molar-refractivity contribution in [2.24, 2.45) is 5.92 Å². The van der Waals surface area contributed by atoms with Crippen LogP contribution in [0.15, 0.2) is 24.3 Å². The van der Waals surface area contributed by atoms with Crippen LogP contribution in [0, 0.1) is 12.0 Å². The smallest absolute Gasteiger partial charge is 0.0184 e. The second-order valence-electron chi connectivity index (χ2n) is 4.74. The van der Waals surface area contributed by atoms with Gasteiger partial charge in [0.2, 0.25) is 0 Å². The molecule has 1 radical (unpaired) electrons. The standard InChI is InChI=1S/C16H25/c1-3-5-10-15(9-4-2)13-14-16-11-7-6-8-12-16/h7-8,11-12,15H,3-5,9-10,13-14H2,1-2H3. The van der Waals surface area contributed by atoms with Crippen LogP contribution in [0.2, 0.25) is 0 Å². The molecular weight excluding hydrogens is 192 g/mol. The normalized spacial score (nSPS) is 12.6. The van der Waals surface area contributed by atoms with Gasteiger partial charge in [-0.25, -0.2) is 0 Å². The number of benzene rings is 1. The van der Waals surface area contributed by atoms with E-state index in [9.17, 15) is 0 Å². The Morgan fingerprint density at radius 2 is 1.75 bits per heavy atom. The van der Waals surface area contributed by atoms with E-state index in [0.717, 1.165) is 5.92 Å². The Labute approximate surface area is 101 Å². The van der Waals surface area contributed by atoms with Crippen LogP contribution < -0.4 is 0 Å². The van der Waals surface area contributed by atoms with Crippen LogP contribution in [0.1, 0.15) is 57.9 Å². The molecular formula is C16H25. The molecule has 0 aromatic heterocycles. The van der Waals surface area contributed by atoms with Gasteiger partial charge in [-0.3, -0.25) is 0 Å². The molecule has 0 heteroatoms. The van der Waals surface area contributed by atoms with Crippen molar-refractivity contribution in [3.8, 4) is 0 Å². The van der Waals surface area contributed by atoms with Gasteiger partial charge in [0.25, 0.3) is 0 Å². The number of rotatable bonds is 8. The largest absolute Gasteiger partial charge is 0.0654 e. The van der Waals surface area contributed by atoms with E-state index in [1.807, 2.05) is 12.1 Å². The Balaban J connectivity index is 2.31. The highest BCUT2D eigenvalue weighted by molar-refractivity contribution is 5.13. The minimum absolute atomic E-state index is 0.939. The summed E-state index contributed by atoms with van der Waals surface area (Å²) in [6, 6.07) is 11.5. The number of unbranched alkanes of at least 4 members (excludes halogenated alkanes) is 1. The summed E-state index contributed by atoms with van der Waals surface area (Å²) in [5, 5.41) is 0. The van der Waals surface area contributed by atoms with Gasteiger partial charge in [0, 0.05) is 0 Å². The first-order chi connectivity index (χ1) is 7.86. The molecule has 0 aliphatic heterocycles. The van der Waals surface area contributed by atoms with Gasteiger partial charge in [-0.15, -0.1) is 0 Å². The Hall–Kier alpha value is -0.780. The third kappa shape index (κ3) is 5.34. The fraction of sp³-hybridized carbons (Fsp3) is 0.625. The SMILES string of the molecule is CCCCC(CCC)CCc1cc[c]cc1. The van der Waals surface area contributed by atoms with Crippen molar-refractivity contribution < 1.29 is 0 Å². The van der Waals surface area contributed by atoms with Crippen molar-refractivity contribution in [1.82, 2.24) is 0 Å². The lowest BCUT2D eigenvalue weighted by molar-refractivity contribution is 0.402. The molecule has 1 rings (SSSR count). The van der Waals surface area contributed by atoms with Crippen LogP contribution in [0.4, 0.5) is 0 Å². The summed E-state index contributed by atoms with van der Waals surface area (Å²) in [4.78, 5) is 0. The highest BCUT2D eigenvalue weighted by Crippen LogP contribution is 2.20. The molecule has 0 saturated heterocycles. The Bertz CT molecular complexity index is 250. The topological polar surface area (TPSA) is 0 Å².